The first-order valence-electron chi connectivity index (χ1n) is 13.2. The van der Waals surface area contributed by atoms with Gasteiger partial charge in [0.2, 0.25) is 0 Å². The van der Waals surface area contributed by atoms with Gasteiger partial charge in [-0.3, -0.25) is 14.5 Å². The summed E-state index contributed by atoms with van der Waals surface area (Å²) in [6.07, 6.45) is 12.4. The fraction of sp³-hybridized carbons (Fsp3) is 0.483. The van der Waals surface area contributed by atoms with Gasteiger partial charge in [-0.05, 0) is 36.2 Å². The number of carboxylic acid groups (broad SMARTS) is 1. The molecule has 0 bridgehead atoms. The van der Waals surface area contributed by atoms with Crippen molar-refractivity contribution in [2.24, 2.45) is 0 Å². The second kappa shape index (κ2) is 16.2. The van der Waals surface area contributed by atoms with Crippen LogP contribution in [-0.4, -0.2) is 41.7 Å². The fourth-order valence-electron chi connectivity index (χ4n) is 4.18. The smallest absolute Gasteiger partial charge is 0.394 e. The maximum atomic E-state index is 12.5. The van der Waals surface area contributed by atoms with E-state index in [1.807, 2.05) is 0 Å². The number of nitrogens with one attached hydrogen (secondary N) is 1. The number of methoxy groups -OCH3 is 1. The van der Waals surface area contributed by atoms with E-state index in [0.717, 1.165) is 17.7 Å². The molecule has 8 heteroatoms. The molecule has 202 valence electrons. The van der Waals surface area contributed by atoms with Crippen LogP contribution in [0.1, 0.15) is 87.1 Å². The molecule has 0 saturated carbocycles. The maximum Gasteiger partial charge on any atom is 0.394 e. The van der Waals surface area contributed by atoms with Crippen molar-refractivity contribution in [1.29, 1.82) is 0 Å². The van der Waals surface area contributed by atoms with Crippen molar-refractivity contribution < 1.29 is 29.3 Å². The second-order valence-corrected chi connectivity index (χ2v) is 9.16. The number of aromatic hydroxyl groups is 1. The number of phenolic OH excluding ortho intramolecular Hbond substituents is 1. The average molecular weight is 513 g/mol. The minimum atomic E-state index is -1.63. The largest absolute Gasteiger partial charge is 0.504 e. The Balaban J connectivity index is 1.85. The summed E-state index contributed by atoms with van der Waals surface area (Å²) in [5.74, 6) is -3.18. The van der Waals surface area contributed by atoms with Gasteiger partial charge in [0.15, 0.2) is 11.5 Å². The van der Waals surface area contributed by atoms with E-state index in [2.05, 4.69) is 12.2 Å². The molecule has 2 aromatic carbocycles. The molecule has 37 heavy (non-hydrogen) atoms. The SMILES string of the molecule is CCCCCCCCCCCCNC(=O)c1ccc(CN(C(=O)C(=O)O)c2cccc(O)c2OC)cc1. The summed E-state index contributed by atoms with van der Waals surface area (Å²) in [5.41, 5.74) is 1.24. The number of ether oxygens (including phenoxy) is 1. The highest BCUT2D eigenvalue weighted by atomic mass is 16.5. The van der Waals surface area contributed by atoms with Crippen LogP contribution in [0.4, 0.5) is 5.69 Å². The van der Waals surface area contributed by atoms with Gasteiger partial charge in [0.05, 0.1) is 19.3 Å². The van der Waals surface area contributed by atoms with Crippen molar-refractivity contribution in [2.45, 2.75) is 77.7 Å². The Morgan fingerprint density at radius 2 is 1.46 bits per heavy atom. The van der Waals surface area contributed by atoms with E-state index in [1.54, 1.807) is 24.3 Å². The molecule has 0 aromatic heterocycles. The number of carboxylic acids is 1. The molecule has 0 saturated heterocycles. The van der Waals surface area contributed by atoms with Gasteiger partial charge in [-0.25, -0.2) is 4.79 Å². The number of aliphatic carboxylic acids is 1. The van der Waals surface area contributed by atoms with E-state index in [0.29, 0.717) is 17.7 Å². The van der Waals surface area contributed by atoms with Gasteiger partial charge in [-0.2, -0.15) is 0 Å². The Morgan fingerprint density at radius 3 is 2.03 bits per heavy atom. The van der Waals surface area contributed by atoms with Crippen LogP contribution in [0.2, 0.25) is 0 Å². The highest BCUT2D eigenvalue weighted by Gasteiger charge is 2.26. The third kappa shape index (κ3) is 9.79. The zero-order chi connectivity index (χ0) is 27.0. The molecule has 0 fully saturated rings. The molecule has 2 amide bonds. The Hall–Kier alpha value is -3.55. The molecule has 0 aliphatic rings. The third-order valence-corrected chi connectivity index (χ3v) is 6.27. The number of carbonyl (C=O) groups is 3. The summed E-state index contributed by atoms with van der Waals surface area (Å²) in [5, 5.41) is 22.3. The fourth-order valence-corrected chi connectivity index (χ4v) is 4.18. The highest BCUT2D eigenvalue weighted by Crippen LogP contribution is 2.37. The minimum Gasteiger partial charge on any atom is -0.504 e. The number of hydrogen-bond acceptors (Lipinski definition) is 5. The third-order valence-electron chi connectivity index (χ3n) is 6.27. The van der Waals surface area contributed by atoms with Crippen LogP contribution in [0.3, 0.4) is 0 Å². The lowest BCUT2D eigenvalue weighted by molar-refractivity contribution is -0.148. The van der Waals surface area contributed by atoms with Crippen LogP contribution in [0.5, 0.6) is 11.5 Å². The van der Waals surface area contributed by atoms with Gasteiger partial charge in [-0.1, -0.05) is 82.9 Å². The van der Waals surface area contributed by atoms with Gasteiger partial charge < -0.3 is 20.3 Å². The summed E-state index contributed by atoms with van der Waals surface area (Å²) < 4.78 is 5.18. The average Bonchev–Trinajstić information content (AvgIpc) is 2.90. The quantitative estimate of drug-likeness (QED) is 0.197. The standard InChI is InChI=1S/C29H40N2O6/c1-3-4-5-6-7-8-9-10-11-12-20-30-27(33)23-18-16-22(17-19-23)21-31(28(34)29(35)36)24-14-13-15-25(32)26(24)37-2/h13-19,32H,3-12,20-21H2,1-2H3,(H,30,33)(H,35,36). The molecule has 3 N–H and O–H groups in total. The second-order valence-electron chi connectivity index (χ2n) is 9.16. The number of benzene rings is 2. The lowest BCUT2D eigenvalue weighted by Crippen LogP contribution is -2.36. The zero-order valence-electron chi connectivity index (χ0n) is 22.0. The molecule has 2 aromatic rings. The topological polar surface area (TPSA) is 116 Å². The van der Waals surface area contributed by atoms with Gasteiger partial charge in [-0.15, -0.1) is 0 Å². The van der Waals surface area contributed by atoms with Gasteiger partial charge >= 0.3 is 11.9 Å². The van der Waals surface area contributed by atoms with Crippen LogP contribution in [0.15, 0.2) is 42.5 Å². The van der Waals surface area contributed by atoms with E-state index < -0.39 is 11.9 Å². The molecule has 0 spiro atoms. The van der Waals surface area contributed by atoms with Crippen molar-refractivity contribution in [2.75, 3.05) is 18.6 Å². The summed E-state index contributed by atoms with van der Waals surface area (Å²) in [6.45, 7) is 2.77. The van der Waals surface area contributed by atoms with Crippen molar-refractivity contribution >= 4 is 23.5 Å². The molecule has 0 aliphatic heterocycles. The maximum absolute atomic E-state index is 12.5. The van der Waals surface area contributed by atoms with Crippen LogP contribution < -0.4 is 15.0 Å². The minimum absolute atomic E-state index is 0.0000664. The monoisotopic (exact) mass is 512 g/mol. The molecule has 0 radical (unpaired) electrons. The molecular weight excluding hydrogens is 472 g/mol. The number of carbonyl (C=O) groups excluding carboxylic acids is 2. The molecule has 0 aliphatic carbocycles. The summed E-state index contributed by atoms with van der Waals surface area (Å²) in [7, 11) is 1.32. The highest BCUT2D eigenvalue weighted by molar-refractivity contribution is 6.37. The number of nitrogens with zero attached hydrogens (tertiary/aromatic N) is 1. The van der Waals surface area contributed by atoms with Crippen molar-refractivity contribution in [3.05, 3.63) is 53.6 Å². The first-order valence-corrected chi connectivity index (χ1v) is 13.2. The number of unbranched alkanes of at least 4 members (excludes halogenated alkanes) is 9. The van der Waals surface area contributed by atoms with Crippen LogP contribution in [0.25, 0.3) is 0 Å². The predicted octanol–water partition coefficient (Wildman–Crippen LogP) is 5.67. The number of phenols is 1. The first-order chi connectivity index (χ1) is 17.9. The van der Waals surface area contributed by atoms with Crippen molar-refractivity contribution in [1.82, 2.24) is 5.32 Å². The number of amides is 2. The summed E-state index contributed by atoms with van der Waals surface area (Å²) in [6, 6.07) is 11.0. The Labute approximate surface area is 219 Å². The summed E-state index contributed by atoms with van der Waals surface area (Å²) >= 11 is 0. The molecule has 0 unspecified atom stereocenters. The van der Waals surface area contributed by atoms with E-state index in [1.165, 1.54) is 76.7 Å². The zero-order valence-corrected chi connectivity index (χ0v) is 22.0. The van der Waals surface area contributed by atoms with Crippen LogP contribution >= 0.6 is 0 Å². The molecular formula is C29H40N2O6. The van der Waals surface area contributed by atoms with E-state index in [-0.39, 0.29) is 29.6 Å². The molecule has 0 heterocycles. The van der Waals surface area contributed by atoms with Crippen molar-refractivity contribution in [3.63, 3.8) is 0 Å². The summed E-state index contributed by atoms with van der Waals surface area (Å²) in [4.78, 5) is 37.3. The Kier molecular flexibility index (Phi) is 13.0. The first kappa shape index (κ1) is 29.7. The Bertz CT molecular complexity index is 1010. The van der Waals surface area contributed by atoms with E-state index in [9.17, 15) is 24.6 Å². The number of rotatable bonds is 16. The van der Waals surface area contributed by atoms with E-state index >= 15 is 0 Å². The normalized spacial score (nSPS) is 10.6. The van der Waals surface area contributed by atoms with Gasteiger partial charge in [0, 0.05) is 12.1 Å². The molecule has 0 atom stereocenters. The van der Waals surface area contributed by atoms with Gasteiger partial charge in [0.25, 0.3) is 5.91 Å². The number of anilines is 1. The van der Waals surface area contributed by atoms with Crippen LogP contribution in [-0.2, 0) is 16.1 Å². The predicted molar refractivity (Wildman–Crippen MR) is 144 cm³/mol. The lowest BCUT2D eigenvalue weighted by atomic mass is 10.1. The molecule has 2 rings (SSSR count). The van der Waals surface area contributed by atoms with Crippen molar-refractivity contribution in [3.8, 4) is 11.5 Å². The molecule has 8 nitrogen and oxygen atoms in total. The van der Waals surface area contributed by atoms with Crippen LogP contribution in [0, 0.1) is 0 Å². The van der Waals surface area contributed by atoms with Gasteiger partial charge in [0.1, 0.15) is 0 Å². The number of para-hydroxylation sites is 1. The Morgan fingerprint density at radius 1 is 0.865 bits per heavy atom. The van der Waals surface area contributed by atoms with E-state index in [4.69, 9.17) is 4.74 Å². The number of hydrogen-bond donors (Lipinski definition) is 3. The lowest BCUT2D eigenvalue weighted by Gasteiger charge is -2.23.